The van der Waals surface area contributed by atoms with Gasteiger partial charge in [0.2, 0.25) is 5.95 Å². The zero-order valence-corrected chi connectivity index (χ0v) is 24.9. The monoisotopic (exact) mass is 688 g/mol. The van der Waals surface area contributed by atoms with Crippen LogP contribution in [-0.2, 0) is 36.9 Å². The molecule has 0 aliphatic carbocycles. The molecule has 2 unspecified atom stereocenters. The lowest BCUT2D eigenvalue weighted by molar-refractivity contribution is -0.0649. The number of aromatic amines is 1. The summed E-state index contributed by atoms with van der Waals surface area (Å²) in [5.41, 5.74) is 11.0. The molecule has 4 aromatic rings. The molecule has 25 heteroatoms. The van der Waals surface area contributed by atoms with Gasteiger partial charge in [-0.2, -0.15) is 4.98 Å². The second-order valence-electron chi connectivity index (χ2n) is 10.5. The lowest BCUT2D eigenvalue weighted by Crippen LogP contribution is -2.38. The first-order valence-electron chi connectivity index (χ1n) is 13.4. The van der Waals surface area contributed by atoms with E-state index in [2.05, 4.69) is 29.9 Å². The molecule has 0 amide bonds. The van der Waals surface area contributed by atoms with Crippen LogP contribution in [0.4, 0.5) is 11.8 Å². The first kappa shape index (κ1) is 31.2. The largest absolute Gasteiger partial charge is 0.472 e. The minimum atomic E-state index is -5.08. The second-order valence-corrected chi connectivity index (χ2v) is 13.7. The quantitative estimate of drug-likeness (QED) is 0.109. The van der Waals surface area contributed by atoms with Crippen LogP contribution in [0.15, 0.2) is 23.8 Å². The molecule has 9 N–H and O–H groups in total. The maximum atomic E-state index is 13.1. The van der Waals surface area contributed by atoms with Gasteiger partial charge in [-0.05, 0) is 0 Å². The highest BCUT2D eigenvalue weighted by atomic mass is 31.2. The summed E-state index contributed by atoms with van der Waals surface area (Å²) in [6, 6.07) is 0. The first-order valence-corrected chi connectivity index (χ1v) is 16.6. The molecule has 0 radical (unpaired) electrons. The topological polar surface area (TPSA) is 330 Å². The molecule has 7 heterocycles. The number of nitrogens with zero attached hydrogens (tertiary/aromatic N) is 7. The standard InChI is InChI=1S/C21H26N10O13P2/c22-15-9-16(25-3-24-15)30(4-26-9)20-14-11(32)7(42-20)1-41-46(37,38)44-13-8(2-40-45(35,36)6-39-14)43-19(12(13)33)31-5-27-10-17(31)28-21(23)29-18(10)34/h3-5,7-8,11-14,19-20,32-33H,1-2,6H2,(H,35,36)(H,37,38)(H2,22,24,25)(H3,23,28,29,34)/t7-,8-,11-,12-,13-,14-,19-,20-/m1/s1. The van der Waals surface area contributed by atoms with Crippen molar-refractivity contribution in [1.29, 1.82) is 0 Å². The van der Waals surface area contributed by atoms with Crippen molar-refractivity contribution in [3.63, 3.8) is 0 Å². The Labute approximate surface area is 255 Å². The number of phosphoric ester groups is 1. The van der Waals surface area contributed by atoms with Crippen LogP contribution in [0.3, 0.4) is 0 Å². The highest BCUT2D eigenvalue weighted by molar-refractivity contribution is 7.52. The second kappa shape index (κ2) is 11.4. The van der Waals surface area contributed by atoms with Crippen LogP contribution in [0.2, 0.25) is 0 Å². The van der Waals surface area contributed by atoms with E-state index >= 15 is 0 Å². The lowest BCUT2D eigenvalue weighted by atomic mass is 10.1. The molecule has 3 aliphatic rings. The number of nitrogens with one attached hydrogen (secondary N) is 1. The average Bonchev–Trinajstić information content (AvgIpc) is 3.75. The Morgan fingerprint density at radius 1 is 0.870 bits per heavy atom. The number of nitrogen functional groups attached to an aromatic ring is 2. The molecule has 3 aliphatic heterocycles. The van der Waals surface area contributed by atoms with Crippen LogP contribution >= 0.6 is 15.4 Å². The molecule has 3 saturated heterocycles. The van der Waals surface area contributed by atoms with Crippen LogP contribution in [0.1, 0.15) is 12.5 Å². The minimum absolute atomic E-state index is 0.0529. The Balaban J connectivity index is 1.18. The van der Waals surface area contributed by atoms with Gasteiger partial charge in [-0.15, -0.1) is 0 Å². The Hall–Kier alpha value is -3.44. The van der Waals surface area contributed by atoms with E-state index in [0.717, 1.165) is 10.9 Å². The van der Waals surface area contributed by atoms with E-state index < -0.39 is 89.6 Å². The lowest BCUT2D eigenvalue weighted by Gasteiger charge is -2.26. The van der Waals surface area contributed by atoms with Crippen LogP contribution in [0, 0.1) is 0 Å². The van der Waals surface area contributed by atoms with Crippen LogP contribution in [-0.4, -0.2) is 115 Å². The van der Waals surface area contributed by atoms with Gasteiger partial charge in [-0.1, -0.05) is 0 Å². The number of aliphatic hydroxyl groups excluding tert-OH is 2. The van der Waals surface area contributed by atoms with E-state index in [1.54, 1.807) is 0 Å². The van der Waals surface area contributed by atoms with Gasteiger partial charge in [0.25, 0.3) is 5.56 Å². The average molecular weight is 688 g/mol. The van der Waals surface area contributed by atoms with Gasteiger partial charge >= 0.3 is 15.4 Å². The van der Waals surface area contributed by atoms with Crippen LogP contribution in [0.25, 0.3) is 22.3 Å². The number of H-pyrrole nitrogens is 1. The number of rotatable bonds is 2. The van der Waals surface area contributed by atoms with Crippen molar-refractivity contribution in [2.24, 2.45) is 0 Å². The van der Waals surface area contributed by atoms with Crippen molar-refractivity contribution in [1.82, 2.24) is 39.0 Å². The number of nitrogens with two attached hydrogens (primary N) is 2. The summed E-state index contributed by atoms with van der Waals surface area (Å²) in [5.74, 6) is -0.212. The number of aromatic nitrogens is 8. The van der Waals surface area contributed by atoms with E-state index in [1.807, 2.05) is 0 Å². The summed E-state index contributed by atoms with van der Waals surface area (Å²) in [7, 11) is -9.73. The molecule has 2 bridgehead atoms. The number of aliphatic hydroxyl groups is 2. The van der Waals surface area contributed by atoms with Gasteiger partial charge in [-0.25, -0.2) is 24.5 Å². The summed E-state index contributed by atoms with van der Waals surface area (Å²) in [4.78, 5) is 55.9. The molecule has 7 rings (SSSR count). The van der Waals surface area contributed by atoms with Gasteiger partial charge in [0.15, 0.2) is 35.1 Å². The van der Waals surface area contributed by atoms with E-state index in [0.29, 0.717) is 0 Å². The zero-order chi connectivity index (χ0) is 32.5. The van der Waals surface area contributed by atoms with E-state index in [9.17, 15) is 33.9 Å². The van der Waals surface area contributed by atoms with Crippen LogP contribution < -0.4 is 17.0 Å². The molecule has 3 fully saturated rings. The highest BCUT2D eigenvalue weighted by Gasteiger charge is 2.52. The Morgan fingerprint density at radius 2 is 1.57 bits per heavy atom. The zero-order valence-electron chi connectivity index (χ0n) is 23.1. The molecule has 46 heavy (non-hydrogen) atoms. The Kier molecular flexibility index (Phi) is 7.70. The van der Waals surface area contributed by atoms with Crippen molar-refractivity contribution in [3.8, 4) is 0 Å². The van der Waals surface area contributed by atoms with Gasteiger partial charge < -0.3 is 50.2 Å². The number of fused-ring (bicyclic) bond motifs is 5. The van der Waals surface area contributed by atoms with E-state index in [4.69, 9.17) is 39.2 Å². The van der Waals surface area contributed by atoms with Crippen molar-refractivity contribution in [3.05, 3.63) is 29.3 Å². The summed E-state index contributed by atoms with van der Waals surface area (Å²) >= 11 is 0. The molecule has 23 nitrogen and oxygen atoms in total. The Morgan fingerprint density at radius 3 is 2.35 bits per heavy atom. The van der Waals surface area contributed by atoms with Gasteiger partial charge in [0.05, 0.1) is 25.9 Å². The molecule has 0 aromatic carbocycles. The fourth-order valence-electron chi connectivity index (χ4n) is 5.42. The van der Waals surface area contributed by atoms with Crippen molar-refractivity contribution < 1.29 is 56.9 Å². The summed E-state index contributed by atoms with van der Waals surface area (Å²) in [5, 5.41) is 22.2. The number of phosphoric acid groups is 1. The third-order valence-corrected chi connectivity index (χ3v) is 9.55. The SMILES string of the molecule is Nc1nc2c(ncn2[C@@H]2O[C@@H]3COP(=O)(O)CO[C@@H]4[C@H](O)[C@@H](COP(=O)(O)O[C@H]3[C@H]2O)O[C@H]4n2cnc3c(N)ncnc32)c(=O)[nH]1. The van der Waals surface area contributed by atoms with Crippen LogP contribution in [0.5, 0.6) is 0 Å². The summed E-state index contributed by atoms with van der Waals surface area (Å²) < 4.78 is 61.7. The third-order valence-electron chi connectivity index (χ3n) is 7.54. The van der Waals surface area contributed by atoms with Gasteiger partial charge in [-0.3, -0.25) is 32.5 Å². The number of imidazole rings is 2. The molecule has 10 atom stereocenters. The number of anilines is 2. The normalized spacial score (nSPS) is 37.4. The number of hydrogen-bond acceptors (Lipinski definition) is 18. The van der Waals surface area contributed by atoms with E-state index in [1.165, 1.54) is 17.2 Å². The smallest absolute Gasteiger partial charge is 0.387 e. The summed E-state index contributed by atoms with van der Waals surface area (Å²) in [6.45, 7) is -1.51. The first-order chi connectivity index (χ1) is 21.8. The molecule has 0 saturated carbocycles. The minimum Gasteiger partial charge on any atom is -0.387 e. The third kappa shape index (κ3) is 5.49. The molecule has 0 spiro atoms. The predicted molar refractivity (Wildman–Crippen MR) is 148 cm³/mol. The predicted octanol–water partition coefficient (Wildman–Crippen LogP) is -2.30. The Bertz CT molecular complexity index is 1950. The fourth-order valence-corrected chi connectivity index (χ4v) is 7.20. The molecular weight excluding hydrogens is 662 g/mol. The summed E-state index contributed by atoms with van der Waals surface area (Å²) in [6.07, 6.45) is -9.33. The molecule has 4 aromatic heterocycles. The molecule has 248 valence electrons. The fraction of sp³-hybridized carbons (Fsp3) is 0.524. The molecular formula is C21H26N10O13P2. The maximum Gasteiger partial charge on any atom is 0.472 e. The number of hydrogen-bond donors (Lipinski definition) is 7. The van der Waals surface area contributed by atoms with Gasteiger partial charge in [0.1, 0.15) is 54.8 Å². The van der Waals surface area contributed by atoms with E-state index in [-0.39, 0.29) is 34.1 Å². The maximum absolute atomic E-state index is 13.1. The number of ether oxygens (including phenoxy) is 3. The highest BCUT2D eigenvalue weighted by Crippen LogP contribution is 2.51. The van der Waals surface area contributed by atoms with Crippen molar-refractivity contribution >= 4 is 49.5 Å². The van der Waals surface area contributed by atoms with Crippen molar-refractivity contribution in [2.75, 3.05) is 31.0 Å². The van der Waals surface area contributed by atoms with Crippen molar-refractivity contribution in [2.45, 2.75) is 49.1 Å². The van der Waals surface area contributed by atoms with Gasteiger partial charge in [0, 0.05) is 0 Å².